The minimum absolute atomic E-state index is 0.0611. The zero-order valence-electron chi connectivity index (χ0n) is 26.4. The van der Waals surface area contributed by atoms with Crippen LogP contribution in [0, 0.1) is 17.2 Å². The fraction of sp³-hybridized carbons (Fsp3) is 0.400. The lowest BCUT2D eigenvalue weighted by Gasteiger charge is -2.37. The average Bonchev–Trinajstić information content (AvgIpc) is 3.44. The summed E-state index contributed by atoms with van der Waals surface area (Å²) in [7, 11) is 2.02. The molecule has 1 aromatic heterocycles. The maximum absolute atomic E-state index is 11.9. The number of rotatable bonds is 9. The Morgan fingerprint density at radius 2 is 1.98 bits per heavy atom. The number of nitrogens with one attached hydrogen (secondary N) is 1. The van der Waals surface area contributed by atoms with Gasteiger partial charge in [-0.15, -0.1) is 0 Å². The highest BCUT2D eigenvalue weighted by Crippen LogP contribution is 2.37. The van der Waals surface area contributed by atoms with E-state index < -0.39 is 11.9 Å². The normalized spacial score (nSPS) is 21.4. The van der Waals surface area contributed by atoms with Crippen molar-refractivity contribution in [2.75, 3.05) is 56.2 Å². The highest BCUT2D eigenvalue weighted by Gasteiger charge is 2.31. The molecule has 0 saturated carbocycles. The second kappa shape index (κ2) is 14.5. The maximum Gasteiger partial charge on any atom is 0.338 e. The number of hydrogen-bond donors (Lipinski definition) is 1. The first-order valence-electron chi connectivity index (χ1n) is 15.9. The van der Waals surface area contributed by atoms with E-state index in [4.69, 9.17) is 26.3 Å². The molecule has 0 amide bonds. The summed E-state index contributed by atoms with van der Waals surface area (Å²) in [4.78, 5) is 39.9. The number of hydrogen-bond acceptors (Lipinski definition) is 11. The molecule has 3 aliphatic heterocycles. The fourth-order valence-electron chi connectivity index (χ4n) is 6.74. The van der Waals surface area contributed by atoms with Crippen LogP contribution < -0.4 is 19.9 Å². The first kappa shape index (κ1) is 32.4. The summed E-state index contributed by atoms with van der Waals surface area (Å²) in [5.41, 5.74) is 3.11. The molecule has 2 aromatic carbocycles. The van der Waals surface area contributed by atoms with Gasteiger partial charge in [-0.3, -0.25) is 4.90 Å². The number of esters is 2. The van der Waals surface area contributed by atoms with Gasteiger partial charge >= 0.3 is 17.9 Å². The number of aromatic nitrogens is 2. The van der Waals surface area contributed by atoms with Gasteiger partial charge in [-0.25, -0.2) is 9.59 Å². The smallest absolute Gasteiger partial charge is 0.338 e. The third-order valence-electron chi connectivity index (χ3n) is 9.09. The molecule has 0 bridgehead atoms. The molecule has 0 radical (unpaired) electrons. The second-order valence-electron chi connectivity index (χ2n) is 12.2. The van der Waals surface area contributed by atoms with Crippen LogP contribution in [-0.4, -0.2) is 85.3 Å². The highest BCUT2D eigenvalue weighted by atomic mass is 35.5. The highest BCUT2D eigenvalue weighted by molar-refractivity contribution is 6.36. The standard InChI is InChI=1S/C35H38ClN7O4/c1-3-31(44)47-32(45)11-10-23-18-26(41(2)19-23)22-46-35-39-29-21-42(30-9-5-7-24-6-4-8-28(36)33(24)30)16-13-27(29)34(40-35)43-17-15-38-25(20-43)12-14-37/h3-11,23,25-26,38H,1,12-13,15-22H2,2H3/b11-10+/t23?,25-,26-/m0/s1. The van der Waals surface area contributed by atoms with Crippen molar-refractivity contribution in [2.24, 2.45) is 5.92 Å². The molecule has 47 heavy (non-hydrogen) atoms. The van der Waals surface area contributed by atoms with Crippen LogP contribution >= 0.6 is 11.6 Å². The Morgan fingerprint density at radius 3 is 2.79 bits per heavy atom. The number of piperazine rings is 1. The molecule has 3 aromatic rings. The number of likely N-dealkylation sites (N-methyl/N-ethyl adjacent to an activating group) is 1. The molecule has 4 heterocycles. The summed E-state index contributed by atoms with van der Waals surface area (Å²) < 4.78 is 11.0. The van der Waals surface area contributed by atoms with Gasteiger partial charge in [0.1, 0.15) is 12.4 Å². The number of halogens is 1. The van der Waals surface area contributed by atoms with E-state index in [0.717, 1.165) is 83.7 Å². The molecule has 1 unspecified atom stereocenters. The zero-order valence-corrected chi connectivity index (χ0v) is 27.2. The SMILES string of the molecule is C=CC(=O)OC(=O)/C=C/C1C[C@@H](COc2nc3c(c(N4CCN[C@@H](CC#N)C4)n2)CCN(c2cccc4cccc(Cl)c24)C3)N(C)C1. The van der Waals surface area contributed by atoms with Crippen molar-refractivity contribution in [3.8, 4) is 12.1 Å². The Labute approximate surface area is 279 Å². The van der Waals surface area contributed by atoms with Gasteiger partial charge in [-0.2, -0.15) is 15.2 Å². The molecule has 3 atom stereocenters. The Balaban J connectivity index is 1.23. The van der Waals surface area contributed by atoms with Crippen LogP contribution in [-0.2, 0) is 27.3 Å². The molecular weight excluding hydrogens is 618 g/mol. The van der Waals surface area contributed by atoms with Crippen LogP contribution in [0.3, 0.4) is 0 Å². The van der Waals surface area contributed by atoms with Crippen LogP contribution in [0.5, 0.6) is 6.01 Å². The van der Waals surface area contributed by atoms with E-state index in [-0.39, 0.29) is 18.0 Å². The summed E-state index contributed by atoms with van der Waals surface area (Å²) in [5.74, 6) is -0.515. The molecule has 6 rings (SSSR count). The number of benzene rings is 2. The van der Waals surface area contributed by atoms with Gasteiger partial charge < -0.3 is 24.6 Å². The monoisotopic (exact) mass is 655 g/mol. The minimum atomic E-state index is -0.774. The van der Waals surface area contributed by atoms with Crippen molar-refractivity contribution in [1.29, 1.82) is 5.26 Å². The number of anilines is 2. The number of carbonyl (C=O) groups excluding carboxylic acids is 2. The number of fused-ring (bicyclic) bond motifs is 2. The van der Waals surface area contributed by atoms with E-state index in [9.17, 15) is 14.9 Å². The fourth-order valence-corrected chi connectivity index (χ4v) is 7.02. The largest absolute Gasteiger partial charge is 0.462 e. The lowest BCUT2D eigenvalue weighted by Crippen LogP contribution is -2.51. The van der Waals surface area contributed by atoms with E-state index in [1.54, 1.807) is 6.08 Å². The van der Waals surface area contributed by atoms with E-state index in [1.165, 1.54) is 6.08 Å². The van der Waals surface area contributed by atoms with Gasteiger partial charge in [-0.1, -0.05) is 48.5 Å². The topological polar surface area (TPSA) is 124 Å². The van der Waals surface area contributed by atoms with Crippen molar-refractivity contribution >= 4 is 45.8 Å². The van der Waals surface area contributed by atoms with Gasteiger partial charge in [0.25, 0.3) is 0 Å². The third-order valence-corrected chi connectivity index (χ3v) is 9.40. The zero-order chi connectivity index (χ0) is 32.9. The van der Waals surface area contributed by atoms with Crippen molar-refractivity contribution in [3.63, 3.8) is 0 Å². The van der Waals surface area contributed by atoms with Crippen molar-refractivity contribution in [1.82, 2.24) is 20.2 Å². The first-order chi connectivity index (χ1) is 22.8. The number of likely N-dealkylation sites (tertiary alicyclic amines) is 1. The Kier molecular flexibility index (Phi) is 10.0. The molecule has 0 spiro atoms. The summed E-state index contributed by atoms with van der Waals surface area (Å²) in [6.07, 6.45) is 5.98. The van der Waals surface area contributed by atoms with Crippen molar-refractivity contribution < 1.29 is 19.1 Å². The van der Waals surface area contributed by atoms with E-state index in [0.29, 0.717) is 32.1 Å². The van der Waals surface area contributed by atoms with Crippen LogP contribution in [0.25, 0.3) is 10.8 Å². The summed E-state index contributed by atoms with van der Waals surface area (Å²) in [5, 5.41) is 15.6. The quantitative estimate of drug-likeness (QED) is 0.204. The van der Waals surface area contributed by atoms with Gasteiger partial charge in [0.2, 0.25) is 0 Å². The molecule has 0 aliphatic carbocycles. The summed E-state index contributed by atoms with van der Waals surface area (Å²) in [6.45, 7) is 8.00. The second-order valence-corrected chi connectivity index (χ2v) is 12.6. The number of ether oxygens (including phenoxy) is 2. The Hall–Kier alpha value is -4.50. The molecule has 244 valence electrons. The van der Waals surface area contributed by atoms with Crippen molar-refractivity contribution in [3.05, 3.63) is 77.5 Å². The predicted octanol–water partition coefficient (Wildman–Crippen LogP) is 4.05. The van der Waals surface area contributed by atoms with Gasteiger partial charge in [0.15, 0.2) is 0 Å². The van der Waals surface area contributed by atoms with Crippen LogP contribution in [0.1, 0.15) is 24.1 Å². The molecular formula is C35H38ClN7O4. The average molecular weight is 656 g/mol. The van der Waals surface area contributed by atoms with E-state index in [2.05, 4.69) is 61.7 Å². The maximum atomic E-state index is 11.9. The summed E-state index contributed by atoms with van der Waals surface area (Å²) in [6, 6.07) is 15.0. The summed E-state index contributed by atoms with van der Waals surface area (Å²) >= 11 is 6.70. The van der Waals surface area contributed by atoms with E-state index in [1.807, 2.05) is 19.2 Å². The molecule has 12 heteroatoms. The van der Waals surface area contributed by atoms with Crippen LogP contribution in [0.4, 0.5) is 11.5 Å². The molecule has 2 fully saturated rings. The number of nitrogens with zero attached hydrogens (tertiary/aromatic N) is 6. The van der Waals surface area contributed by atoms with Gasteiger partial charge in [0, 0.05) is 73.6 Å². The molecule has 2 saturated heterocycles. The minimum Gasteiger partial charge on any atom is -0.462 e. The number of nitriles is 1. The van der Waals surface area contributed by atoms with Crippen molar-refractivity contribution in [2.45, 2.75) is 37.9 Å². The number of carbonyl (C=O) groups is 2. The van der Waals surface area contributed by atoms with Crippen LogP contribution in [0.15, 0.2) is 61.2 Å². The predicted molar refractivity (Wildman–Crippen MR) is 180 cm³/mol. The lowest BCUT2D eigenvalue weighted by molar-refractivity contribution is -0.152. The van der Waals surface area contributed by atoms with Gasteiger partial charge in [0.05, 0.1) is 29.8 Å². The van der Waals surface area contributed by atoms with Crippen LogP contribution in [0.2, 0.25) is 5.02 Å². The Morgan fingerprint density at radius 1 is 1.15 bits per heavy atom. The molecule has 3 aliphatic rings. The molecule has 11 nitrogen and oxygen atoms in total. The first-order valence-corrected chi connectivity index (χ1v) is 16.3. The van der Waals surface area contributed by atoms with Gasteiger partial charge in [-0.05, 0) is 43.3 Å². The van der Waals surface area contributed by atoms with E-state index >= 15 is 0 Å². The lowest BCUT2D eigenvalue weighted by atomic mass is 10.0. The molecule has 1 N–H and O–H groups in total. The third kappa shape index (κ3) is 7.41. The Bertz CT molecular complexity index is 1740.